The van der Waals surface area contributed by atoms with E-state index in [2.05, 4.69) is 54.4 Å². The van der Waals surface area contributed by atoms with E-state index in [-0.39, 0.29) is 37.9 Å². The summed E-state index contributed by atoms with van der Waals surface area (Å²) < 4.78 is 56.5. The summed E-state index contributed by atoms with van der Waals surface area (Å²) in [5.74, 6) is -0.865. The fraction of sp³-hybridized carbons (Fsp3) is 0.708. The predicted molar refractivity (Wildman–Crippen MR) is 264 cm³/mol. The molecule has 0 amide bonds. The quantitative estimate of drug-likeness (QED) is 0.0145. The molecule has 0 bridgehead atoms. The number of phosphoric acid groups is 2. The lowest BCUT2D eigenvalue weighted by Crippen LogP contribution is -2.36. The summed E-state index contributed by atoms with van der Waals surface area (Å²) in [5.41, 5.74) is 4.56. The summed E-state index contributed by atoms with van der Waals surface area (Å²) in [5, 5.41) is 41.8. The van der Waals surface area contributed by atoms with Crippen LogP contribution < -0.4 is 11.4 Å². The molecule has 1 fully saturated rings. The van der Waals surface area contributed by atoms with Crippen LogP contribution in [-0.4, -0.2) is 108 Å². The summed E-state index contributed by atoms with van der Waals surface area (Å²) in [7, 11) is -11.0. The van der Waals surface area contributed by atoms with E-state index in [0.29, 0.717) is 12.8 Å². The molecule has 2 rings (SSSR count). The normalized spacial score (nSPS) is 20.7. The first kappa shape index (κ1) is 62.8. The number of ether oxygens (including phenoxy) is 3. The van der Waals surface area contributed by atoms with Crippen LogP contribution in [0.15, 0.2) is 65.7 Å². The van der Waals surface area contributed by atoms with Gasteiger partial charge in [-0.2, -0.15) is 9.29 Å². The van der Waals surface area contributed by atoms with Crippen molar-refractivity contribution in [2.24, 2.45) is 5.92 Å². The molecule has 0 spiro atoms. The molecule has 0 aliphatic carbocycles. The molecule has 1 saturated heterocycles. The highest BCUT2D eigenvalue weighted by atomic mass is 31.3. The van der Waals surface area contributed by atoms with Crippen molar-refractivity contribution < 1.29 is 76.5 Å². The molecule has 20 nitrogen and oxygen atoms in total. The van der Waals surface area contributed by atoms with Gasteiger partial charge in [0.25, 0.3) is 0 Å². The maximum absolute atomic E-state index is 12.9. The smallest absolute Gasteiger partial charge is 0.462 e. The molecule has 0 aromatic carbocycles. The standard InChI is InChI=1S/C48H81N3O17P2/c1-4-5-6-7-8-9-10-11-15-18-21-24-28-39(52)40(53)29-26-31-44(55)66-38(34-63-43(54)30-25-22-19-16-13-12-14-17-20-23-27-37(2)3)35-64-69(59,60)68-70(61,62)65-36-41-45(56)46(57)47(67-41)51-33-32-42(49)50-48(51)58/h5-6,8-9,11,15,21,24,32-33,37-41,45-47,52-53,56-57H,4,7,10,12-14,16-20,22-23,25-31,34-36H2,1-3H3,(H,59,60)(H,61,62)(H2,49,50,58)/b6-5-,9-8-,15-11-,24-21-/t38-,39-,40-,41-,45-,46-,47-/m1/s1. The van der Waals surface area contributed by atoms with E-state index in [1.165, 1.54) is 44.6 Å². The number of aliphatic hydroxyl groups excluding tert-OH is 4. The van der Waals surface area contributed by atoms with Crippen LogP contribution in [0.5, 0.6) is 0 Å². The highest BCUT2D eigenvalue weighted by molar-refractivity contribution is 7.61. The Balaban J connectivity index is 1.88. The van der Waals surface area contributed by atoms with Gasteiger partial charge in [0.2, 0.25) is 0 Å². The largest absolute Gasteiger partial charge is 0.481 e. The number of hydrogen-bond donors (Lipinski definition) is 7. The molecular formula is C48H81N3O17P2. The highest BCUT2D eigenvalue weighted by Gasteiger charge is 2.46. The Bertz CT molecular complexity index is 1910. The average molecular weight is 1030 g/mol. The third-order valence-corrected chi connectivity index (χ3v) is 13.7. The SMILES string of the molecule is CC/C=C\C/C=C\C/C=C\C/C=C\C[C@@H](O)[C@H](O)CCCC(=O)O[C@H](COC(=O)CCCCCCCCCCCCC(C)C)COP(=O)(O)OP(=O)(O)OC[C@H]1O[C@@H](n2ccc(N)nc2=O)[C@H](O)[C@@H]1O. The van der Waals surface area contributed by atoms with E-state index in [0.717, 1.165) is 61.6 Å². The fourth-order valence-electron chi connectivity index (χ4n) is 7.11. The molecule has 0 radical (unpaired) electrons. The van der Waals surface area contributed by atoms with Crippen molar-refractivity contribution in [1.29, 1.82) is 0 Å². The minimum Gasteiger partial charge on any atom is -0.462 e. The molecule has 1 aromatic heterocycles. The highest BCUT2D eigenvalue weighted by Crippen LogP contribution is 2.60. The molecule has 70 heavy (non-hydrogen) atoms. The third kappa shape index (κ3) is 28.6. The van der Waals surface area contributed by atoms with Crippen LogP contribution in [0.3, 0.4) is 0 Å². The molecule has 2 unspecified atom stereocenters. The van der Waals surface area contributed by atoms with Gasteiger partial charge in [-0.25, -0.2) is 13.9 Å². The van der Waals surface area contributed by atoms with Gasteiger partial charge in [0.1, 0.15) is 30.7 Å². The fourth-order valence-corrected chi connectivity index (χ4v) is 9.22. The second-order valence-corrected chi connectivity index (χ2v) is 20.8. The van der Waals surface area contributed by atoms with Gasteiger partial charge in [-0.15, -0.1) is 0 Å². The van der Waals surface area contributed by atoms with Crippen molar-refractivity contribution >= 4 is 33.4 Å². The van der Waals surface area contributed by atoms with E-state index in [1.54, 1.807) is 6.08 Å². The molecule has 8 N–H and O–H groups in total. The van der Waals surface area contributed by atoms with Crippen LogP contribution in [0, 0.1) is 5.92 Å². The number of allylic oxidation sites excluding steroid dienone is 7. The summed E-state index contributed by atoms with van der Waals surface area (Å²) in [6.07, 6.45) is 22.3. The number of esters is 2. The van der Waals surface area contributed by atoms with Crippen LogP contribution in [0.25, 0.3) is 0 Å². The Morgan fingerprint density at radius 2 is 1.31 bits per heavy atom. The van der Waals surface area contributed by atoms with Crippen LogP contribution in [0.1, 0.15) is 155 Å². The lowest BCUT2D eigenvalue weighted by atomic mass is 10.0. The topological polar surface area (TPSA) is 306 Å². The zero-order valence-electron chi connectivity index (χ0n) is 41.2. The Labute approximate surface area is 413 Å². The molecule has 2 heterocycles. The van der Waals surface area contributed by atoms with Crippen molar-refractivity contribution in [2.45, 2.75) is 192 Å². The third-order valence-electron chi connectivity index (χ3n) is 11.1. The number of unbranched alkanes of at least 4 members (excludes halogenated alkanes) is 9. The van der Waals surface area contributed by atoms with Gasteiger partial charge in [-0.3, -0.25) is 23.2 Å². The van der Waals surface area contributed by atoms with E-state index >= 15 is 0 Å². The van der Waals surface area contributed by atoms with Gasteiger partial charge in [0.15, 0.2) is 12.3 Å². The Morgan fingerprint density at radius 1 is 0.757 bits per heavy atom. The van der Waals surface area contributed by atoms with E-state index in [1.807, 2.05) is 18.2 Å². The summed E-state index contributed by atoms with van der Waals surface area (Å²) in [4.78, 5) is 61.9. The summed E-state index contributed by atoms with van der Waals surface area (Å²) in [6.45, 7) is 4.01. The van der Waals surface area contributed by atoms with Gasteiger partial charge >= 0.3 is 33.3 Å². The second-order valence-electron chi connectivity index (χ2n) is 17.7. The first-order valence-corrected chi connectivity index (χ1v) is 27.7. The van der Waals surface area contributed by atoms with Crippen molar-refractivity contribution in [3.05, 3.63) is 71.4 Å². The van der Waals surface area contributed by atoms with Crippen molar-refractivity contribution in [1.82, 2.24) is 9.55 Å². The number of hydrogen-bond acceptors (Lipinski definition) is 17. The molecule has 22 heteroatoms. The minimum atomic E-state index is -5.50. The average Bonchev–Trinajstić information content (AvgIpc) is 3.58. The van der Waals surface area contributed by atoms with Gasteiger partial charge < -0.3 is 50.2 Å². The number of aromatic nitrogens is 2. The first-order valence-electron chi connectivity index (χ1n) is 24.7. The van der Waals surface area contributed by atoms with Crippen molar-refractivity contribution in [3.8, 4) is 0 Å². The van der Waals surface area contributed by atoms with E-state index < -0.39 is 95.9 Å². The molecular weight excluding hydrogens is 952 g/mol. The Morgan fingerprint density at radius 3 is 1.91 bits per heavy atom. The van der Waals surface area contributed by atoms with Crippen molar-refractivity contribution in [3.63, 3.8) is 0 Å². The number of aliphatic hydroxyl groups is 4. The summed E-state index contributed by atoms with van der Waals surface area (Å²) >= 11 is 0. The predicted octanol–water partition coefficient (Wildman–Crippen LogP) is 7.57. The second kappa shape index (κ2) is 35.7. The molecule has 1 aliphatic heterocycles. The van der Waals surface area contributed by atoms with Crippen molar-refractivity contribution in [2.75, 3.05) is 25.6 Å². The maximum Gasteiger partial charge on any atom is 0.481 e. The number of nitrogens with two attached hydrogens (primary N) is 1. The number of nitrogen functional groups attached to an aromatic ring is 1. The van der Waals surface area contributed by atoms with Gasteiger partial charge in [-0.05, 0) is 63.4 Å². The zero-order chi connectivity index (χ0) is 51.8. The minimum absolute atomic E-state index is 0.0312. The number of phosphoric ester groups is 2. The van der Waals surface area contributed by atoms with E-state index in [4.69, 9.17) is 29.0 Å². The van der Waals surface area contributed by atoms with Crippen LogP contribution in [-0.2, 0) is 46.3 Å². The summed E-state index contributed by atoms with van der Waals surface area (Å²) in [6, 6.07) is 1.23. The number of carbonyl (C=O) groups excluding carboxylic acids is 2. The lowest BCUT2D eigenvalue weighted by Gasteiger charge is -2.22. The number of carbonyl (C=O) groups is 2. The molecule has 400 valence electrons. The van der Waals surface area contributed by atoms with E-state index in [9.17, 15) is 53.7 Å². The van der Waals surface area contributed by atoms with Gasteiger partial charge in [0, 0.05) is 19.0 Å². The molecule has 1 aliphatic rings. The number of rotatable bonds is 39. The molecule has 9 atom stereocenters. The van der Waals surface area contributed by atoms with Crippen LogP contribution in [0.4, 0.5) is 5.82 Å². The maximum atomic E-state index is 12.9. The lowest BCUT2D eigenvalue weighted by molar-refractivity contribution is -0.161. The number of anilines is 1. The van der Waals surface area contributed by atoms with Crippen LogP contribution >= 0.6 is 15.6 Å². The van der Waals surface area contributed by atoms with Gasteiger partial charge in [-0.1, -0.05) is 134 Å². The molecule has 1 aromatic rings. The Hall–Kier alpha value is -3.36. The number of nitrogens with zero attached hydrogens (tertiary/aromatic N) is 2. The van der Waals surface area contributed by atoms with Gasteiger partial charge in [0.05, 0.1) is 25.4 Å². The molecule has 0 saturated carbocycles. The van der Waals surface area contributed by atoms with Crippen LogP contribution in [0.2, 0.25) is 0 Å². The zero-order valence-corrected chi connectivity index (χ0v) is 43.0. The Kier molecular flexibility index (Phi) is 32.0. The first-order chi connectivity index (χ1) is 33.3. The monoisotopic (exact) mass is 1030 g/mol.